The van der Waals surface area contributed by atoms with Crippen molar-refractivity contribution >= 4 is 11.9 Å². The van der Waals surface area contributed by atoms with E-state index in [-0.39, 0.29) is 5.41 Å². The number of carbonyl (C=O) groups excluding carboxylic acids is 1. The smallest absolute Gasteiger partial charge is 0.394 e. The molecule has 0 aliphatic carbocycles. The Balaban J connectivity index is 1.97. The minimum atomic E-state index is -4.66. The first-order valence-electron chi connectivity index (χ1n) is 8.20. The van der Waals surface area contributed by atoms with Gasteiger partial charge in [-0.2, -0.15) is 13.2 Å². The van der Waals surface area contributed by atoms with Crippen LogP contribution in [0.25, 0.3) is 0 Å². The second-order valence-electron chi connectivity index (χ2n) is 7.45. The van der Waals surface area contributed by atoms with Crippen molar-refractivity contribution in [2.24, 2.45) is 11.8 Å². The average Bonchev–Trinajstić information content (AvgIpc) is 2.98. The maximum Gasteiger partial charge on any atom is 0.394 e. The molecule has 1 aliphatic heterocycles. The first-order valence-corrected chi connectivity index (χ1v) is 8.20. The number of likely N-dealkylation sites (tertiary alicyclic amines) is 1. The number of carboxylic acids is 1. The van der Waals surface area contributed by atoms with E-state index in [1.54, 1.807) is 12.1 Å². The summed E-state index contributed by atoms with van der Waals surface area (Å²) in [5.41, 5.74) is 1.04. The quantitative estimate of drug-likeness (QED) is 0.881. The van der Waals surface area contributed by atoms with Crippen molar-refractivity contribution in [3.8, 4) is 5.75 Å². The second-order valence-corrected chi connectivity index (χ2v) is 7.45. The first kappa shape index (κ1) is 20.1. The van der Waals surface area contributed by atoms with Crippen LogP contribution in [0.1, 0.15) is 26.3 Å². The van der Waals surface area contributed by atoms with Crippen LogP contribution in [0.5, 0.6) is 5.75 Å². The number of carbonyl (C=O) groups is 2. The second kappa shape index (κ2) is 7.17. The SMILES string of the molecule is CC(C)(C)c1ccc(OCC(=O)N2C[C@@H](C(F)(F)F)[C@H](C(=O)O)C2)cc1. The van der Waals surface area contributed by atoms with Crippen molar-refractivity contribution in [1.29, 1.82) is 0 Å². The van der Waals surface area contributed by atoms with Crippen LogP contribution in [0, 0.1) is 11.8 Å². The van der Waals surface area contributed by atoms with Crippen LogP contribution in [0.4, 0.5) is 13.2 Å². The number of carboxylic acid groups (broad SMARTS) is 1. The molecule has 1 aliphatic rings. The van der Waals surface area contributed by atoms with E-state index in [2.05, 4.69) is 20.8 Å². The number of benzene rings is 1. The number of halogens is 3. The molecular formula is C18H22F3NO4. The largest absolute Gasteiger partial charge is 0.484 e. The third-order valence-electron chi connectivity index (χ3n) is 4.49. The molecule has 5 nitrogen and oxygen atoms in total. The van der Waals surface area contributed by atoms with E-state index in [0.29, 0.717) is 5.75 Å². The lowest BCUT2D eigenvalue weighted by Crippen LogP contribution is -2.35. The third-order valence-corrected chi connectivity index (χ3v) is 4.49. The van der Waals surface area contributed by atoms with Gasteiger partial charge in [-0.05, 0) is 23.1 Å². The molecule has 1 aromatic carbocycles. The van der Waals surface area contributed by atoms with Crippen molar-refractivity contribution < 1.29 is 32.6 Å². The predicted molar refractivity (Wildman–Crippen MR) is 87.9 cm³/mol. The Morgan fingerprint density at radius 1 is 1.15 bits per heavy atom. The fourth-order valence-electron chi connectivity index (χ4n) is 2.88. The molecule has 0 bridgehead atoms. The number of aliphatic carboxylic acids is 1. The summed E-state index contributed by atoms with van der Waals surface area (Å²) < 4.78 is 44.2. The van der Waals surface area contributed by atoms with Crippen LogP contribution < -0.4 is 4.74 Å². The number of alkyl halides is 3. The van der Waals surface area contributed by atoms with E-state index in [9.17, 15) is 22.8 Å². The van der Waals surface area contributed by atoms with Gasteiger partial charge >= 0.3 is 12.1 Å². The fourth-order valence-corrected chi connectivity index (χ4v) is 2.88. The number of amides is 1. The molecule has 0 aromatic heterocycles. The van der Waals surface area contributed by atoms with Gasteiger partial charge in [0.25, 0.3) is 5.91 Å². The van der Waals surface area contributed by atoms with Gasteiger partial charge in [0.05, 0.1) is 11.8 Å². The van der Waals surface area contributed by atoms with E-state index in [4.69, 9.17) is 9.84 Å². The zero-order valence-electron chi connectivity index (χ0n) is 14.8. The predicted octanol–water partition coefficient (Wildman–Crippen LogP) is 3.08. The molecule has 8 heteroatoms. The maximum absolute atomic E-state index is 13.0. The van der Waals surface area contributed by atoms with E-state index in [1.165, 1.54) is 0 Å². The highest BCUT2D eigenvalue weighted by molar-refractivity contribution is 5.80. The van der Waals surface area contributed by atoms with E-state index in [1.807, 2.05) is 12.1 Å². The highest BCUT2D eigenvalue weighted by Crippen LogP contribution is 2.37. The normalized spacial score (nSPS) is 20.9. The van der Waals surface area contributed by atoms with E-state index in [0.717, 1.165) is 10.5 Å². The summed E-state index contributed by atoms with van der Waals surface area (Å²) in [6.07, 6.45) is -4.66. The molecule has 144 valence electrons. The molecule has 1 amide bonds. The van der Waals surface area contributed by atoms with Gasteiger partial charge in [-0.25, -0.2) is 0 Å². The molecule has 0 spiro atoms. The topological polar surface area (TPSA) is 66.8 Å². The molecule has 1 fully saturated rings. The van der Waals surface area contributed by atoms with Crippen molar-refractivity contribution in [1.82, 2.24) is 4.90 Å². The standard InChI is InChI=1S/C18H22F3NO4/c1-17(2,3)11-4-6-12(7-5-11)26-10-15(23)22-8-13(16(24)25)14(9-22)18(19,20)21/h4-7,13-14H,8-10H2,1-3H3,(H,24,25)/t13-,14-/m1/s1. The minimum Gasteiger partial charge on any atom is -0.484 e. The lowest BCUT2D eigenvalue weighted by atomic mass is 9.87. The summed E-state index contributed by atoms with van der Waals surface area (Å²) in [5.74, 6) is -5.50. The van der Waals surface area contributed by atoms with Gasteiger partial charge in [-0.15, -0.1) is 0 Å². The van der Waals surface area contributed by atoms with Crippen LogP contribution >= 0.6 is 0 Å². The molecule has 1 saturated heterocycles. The highest BCUT2D eigenvalue weighted by Gasteiger charge is 2.53. The molecule has 2 atom stereocenters. The maximum atomic E-state index is 13.0. The monoisotopic (exact) mass is 373 g/mol. The van der Waals surface area contributed by atoms with Gasteiger partial charge in [0, 0.05) is 13.1 Å². The summed E-state index contributed by atoms with van der Waals surface area (Å²) >= 11 is 0. The Morgan fingerprint density at radius 2 is 1.73 bits per heavy atom. The lowest BCUT2D eigenvalue weighted by Gasteiger charge is -2.20. The summed E-state index contributed by atoms with van der Waals surface area (Å²) in [6, 6.07) is 7.10. The van der Waals surface area contributed by atoms with Crippen LogP contribution in [-0.2, 0) is 15.0 Å². The van der Waals surface area contributed by atoms with Crippen LogP contribution in [0.3, 0.4) is 0 Å². The number of nitrogens with zero attached hydrogens (tertiary/aromatic N) is 1. The van der Waals surface area contributed by atoms with Crippen molar-refractivity contribution in [2.75, 3.05) is 19.7 Å². The van der Waals surface area contributed by atoms with E-state index < -0.39 is 49.6 Å². The molecule has 1 N–H and O–H groups in total. The zero-order valence-corrected chi connectivity index (χ0v) is 14.8. The van der Waals surface area contributed by atoms with Gasteiger partial charge in [0.2, 0.25) is 0 Å². The van der Waals surface area contributed by atoms with Gasteiger partial charge in [0.15, 0.2) is 6.61 Å². The van der Waals surface area contributed by atoms with Gasteiger partial charge < -0.3 is 14.7 Å². The lowest BCUT2D eigenvalue weighted by molar-refractivity contribution is -0.188. The molecule has 1 heterocycles. The molecule has 2 rings (SSSR count). The van der Waals surface area contributed by atoms with Crippen molar-refractivity contribution in [3.05, 3.63) is 29.8 Å². The Kier molecular flexibility index (Phi) is 5.53. The van der Waals surface area contributed by atoms with E-state index >= 15 is 0 Å². The number of hydrogen-bond acceptors (Lipinski definition) is 3. The van der Waals surface area contributed by atoms with Crippen LogP contribution in [0.15, 0.2) is 24.3 Å². The van der Waals surface area contributed by atoms with Crippen molar-refractivity contribution in [3.63, 3.8) is 0 Å². The molecular weight excluding hydrogens is 351 g/mol. The summed E-state index contributed by atoms with van der Waals surface area (Å²) in [4.78, 5) is 24.1. The molecule has 26 heavy (non-hydrogen) atoms. The molecule has 0 radical (unpaired) electrons. The molecule has 1 aromatic rings. The van der Waals surface area contributed by atoms with Gasteiger partial charge in [-0.3, -0.25) is 9.59 Å². The summed E-state index contributed by atoms with van der Waals surface area (Å²) in [6.45, 7) is 4.59. The average molecular weight is 373 g/mol. The Morgan fingerprint density at radius 3 is 2.15 bits per heavy atom. The third kappa shape index (κ3) is 4.68. The van der Waals surface area contributed by atoms with Crippen molar-refractivity contribution in [2.45, 2.75) is 32.4 Å². The number of rotatable bonds is 4. The summed E-state index contributed by atoms with van der Waals surface area (Å²) in [5, 5.41) is 8.98. The Hall–Kier alpha value is -2.25. The fraction of sp³-hybridized carbons (Fsp3) is 0.556. The van der Waals surface area contributed by atoms with Crippen LogP contribution in [0.2, 0.25) is 0 Å². The zero-order chi connectivity index (χ0) is 19.7. The molecule has 0 saturated carbocycles. The van der Waals surface area contributed by atoms with Gasteiger partial charge in [0.1, 0.15) is 5.75 Å². The molecule has 0 unspecified atom stereocenters. The Bertz CT molecular complexity index is 664. The van der Waals surface area contributed by atoms with Crippen LogP contribution in [-0.4, -0.2) is 47.8 Å². The number of ether oxygens (including phenoxy) is 1. The first-order chi connectivity index (χ1) is 11.9. The number of hydrogen-bond donors (Lipinski definition) is 1. The minimum absolute atomic E-state index is 0.0393. The Labute approximate surface area is 149 Å². The highest BCUT2D eigenvalue weighted by atomic mass is 19.4. The summed E-state index contributed by atoms with van der Waals surface area (Å²) in [7, 11) is 0. The van der Waals surface area contributed by atoms with Gasteiger partial charge in [-0.1, -0.05) is 32.9 Å².